The van der Waals surface area contributed by atoms with E-state index in [1.807, 2.05) is 18.7 Å². The third kappa shape index (κ3) is 8.44. The van der Waals surface area contributed by atoms with Crippen LogP contribution in [0.15, 0.2) is 10.7 Å². The van der Waals surface area contributed by atoms with Crippen LogP contribution < -0.4 is 5.32 Å². The summed E-state index contributed by atoms with van der Waals surface area (Å²) in [6.07, 6.45) is 8.18. The van der Waals surface area contributed by atoms with Crippen molar-refractivity contribution in [1.82, 2.24) is 15.2 Å². The summed E-state index contributed by atoms with van der Waals surface area (Å²) < 4.78 is 16.2. The second kappa shape index (κ2) is 14.1. The number of hydrogen-bond donors (Lipinski definition) is 1. The summed E-state index contributed by atoms with van der Waals surface area (Å²) in [5.74, 6) is 0.346. The molecule has 1 saturated carbocycles. The van der Waals surface area contributed by atoms with Gasteiger partial charge in [0.05, 0.1) is 6.54 Å². The van der Waals surface area contributed by atoms with Crippen LogP contribution in [0.1, 0.15) is 75.2 Å². The molecule has 1 aliphatic carbocycles. The molecular formula is C22H37N3O5. The molecule has 1 aliphatic rings. The summed E-state index contributed by atoms with van der Waals surface area (Å²) in [5.41, 5.74) is 0.237. The topological polar surface area (TPSA) is 93.9 Å². The standard InChI is InChI=1S/C22H37N3O5/c1-3-28-14-8-12-23-21(26)19-17-30-20(24-19)16-25(13-9-15-29-4-2)22(27)18-10-6-5-7-11-18/h17-18H,3-16H2,1-2H3,(H,23,26). The van der Waals surface area contributed by atoms with Gasteiger partial charge >= 0.3 is 0 Å². The molecular weight excluding hydrogens is 386 g/mol. The predicted molar refractivity (Wildman–Crippen MR) is 113 cm³/mol. The zero-order chi connectivity index (χ0) is 21.6. The molecule has 1 N–H and O–H groups in total. The molecule has 0 radical (unpaired) electrons. The highest BCUT2D eigenvalue weighted by Gasteiger charge is 2.27. The molecule has 30 heavy (non-hydrogen) atoms. The largest absolute Gasteiger partial charge is 0.446 e. The molecule has 0 unspecified atom stereocenters. The summed E-state index contributed by atoms with van der Waals surface area (Å²) in [6.45, 7) is 7.85. The van der Waals surface area contributed by atoms with Crippen LogP contribution in [0.25, 0.3) is 0 Å². The zero-order valence-corrected chi connectivity index (χ0v) is 18.5. The highest BCUT2D eigenvalue weighted by Crippen LogP contribution is 2.26. The average Bonchev–Trinajstić information content (AvgIpc) is 3.24. The van der Waals surface area contributed by atoms with Gasteiger partial charge in [0.25, 0.3) is 5.91 Å². The number of ether oxygens (including phenoxy) is 2. The number of hydrogen-bond acceptors (Lipinski definition) is 6. The SMILES string of the molecule is CCOCCCNC(=O)c1coc(CN(CCCOCC)C(=O)C2CCCCC2)n1. The molecule has 170 valence electrons. The number of nitrogens with one attached hydrogen (secondary N) is 1. The zero-order valence-electron chi connectivity index (χ0n) is 18.5. The van der Waals surface area contributed by atoms with Crippen molar-refractivity contribution in [1.29, 1.82) is 0 Å². The van der Waals surface area contributed by atoms with E-state index in [1.54, 1.807) is 0 Å². The second-order valence-corrected chi connectivity index (χ2v) is 7.58. The highest BCUT2D eigenvalue weighted by atomic mass is 16.5. The van der Waals surface area contributed by atoms with Gasteiger partial charge in [-0.15, -0.1) is 0 Å². The molecule has 0 aliphatic heterocycles. The molecule has 8 nitrogen and oxygen atoms in total. The molecule has 0 aromatic carbocycles. The van der Waals surface area contributed by atoms with Crippen molar-refractivity contribution in [3.8, 4) is 0 Å². The number of carbonyl (C=O) groups excluding carboxylic acids is 2. The minimum atomic E-state index is -0.275. The lowest BCUT2D eigenvalue weighted by atomic mass is 9.88. The fourth-order valence-corrected chi connectivity index (χ4v) is 3.64. The van der Waals surface area contributed by atoms with Crippen LogP contribution in [0.5, 0.6) is 0 Å². The maximum atomic E-state index is 13.1. The van der Waals surface area contributed by atoms with Gasteiger partial charge in [-0.05, 0) is 39.5 Å². The van der Waals surface area contributed by atoms with Crippen LogP contribution >= 0.6 is 0 Å². The molecule has 1 heterocycles. The third-order valence-electron chi connectivity index (χ3n) is 5.25. The lowest BCUT2D eigenvalue weighted by Crippen LogP contribution is -2.37. The molecule has 0 bridgehead atoms. The van der Waals surface area contributed by atoms with Crippen molar-refractivity contribution in [3.05, 3.63) is 17.8 Å². The number of aromatic nitrogens is 1. The van der Waals surface area contributed by atoms with Crippen LogP contribution in [0, 0.1) is 5.92 Å². The summed E-state index contributed by atoms with van der Waals surface area (Å²) >= 11 is 0. The number of amides is 2. The van der Waals surface area contributed by atoms with E-state index in [9.17, 15) is 9.59 Å². The molecule has 2 amide bonds. The number of rotatable bonds is 14. The van der Waals surface area contributed by atoms with E-state index in [0.29, 0.717) is 45.4 Å². The molecule has 0 saturated heterocycles. The average molecular weight is 424 g/mol. The number of oxazole rings is 1. The van der Waals surface area contributed by atoms with Gasteiger partial charge in [-0.1, -0.05) is 19.3 Å². The van der Waals surface area contributed by atoms with Crippen LogP contribution in [-0.2, 0) is 20.8 Å². The summed E-state index contributed by atoms with van der Waals surface area (Å²) in [5, 5.41) is 2.81. The van der Waals surface area contributed by atoms with Crippen molar-refractivity contribution < 1.29 is 23.5 Å². The molecule has 1 fully saturated rings. The molecule has 2 rings (SSSR count). The first-order valence-electron chi connectivity index (χ1n) is 11.3. The Morgan fingerprint density at radius 1 is 1.13 bits per heavy atom. The van der Waals surface area contributed by atoms with Crippen molar-refractivity contribution in [2.75, 3.05) is 39.5 Å². The van der Waals surface area contributed by atoms with Gasteiger partial charge in [-0.2, -0.15) is 0 Å². The van der Waals surface area contributed by atoms with Crippen molar-refractivity contribution >= 4 is 11.8 Å². The highest BCUT2D eigenvalue weighted by molar-refractivity contribution is 5.91. The molecule has 1 aromatic heterocycles. The Hall–Kier alpha value is -1.93. The molecule has 0 atom stereocenters. The number of nitrogens with zero attached hydrogens (tertiary/aromatic N) is 2. The summed E-state index contributed by atoms with van der Waals surface area (Å²) in [7, 11) is 0. The van der Waals surface area contributed by atoms with E-state index in [-0.39, 0.29) is 30.0 Å². The maximum absolute atomic E-state index is 13.1. The third-order valence-corrected chi connectivity index (χ3v) is 5.25. The Labute approximate surface area is 179 Å². The Balaban J connectivity index is 1.90. The van der Waals surface area contributed by atoms with E-state index in [0.717, 1.165) is 38.5 Å². The van der Waals surface area contributed by atoms with Gasteiger partial charge in [0.1, 0.15) is 6.26 Å². The normalized spacial score (nSPS) is 14.6. The van der Waals surface area contributed by atoms with Crippen molar-refractivity contribution in [2.45, 2.75) is 65.3 Å². The van der Waals surface area contributed by atoms with E-state index in [4.69, 9.17) is 13.9 Å². The van der Waals surface area contributed by atoms with Gasteiger partial charge < -0.3 is 24.1 Å². The smallest absolute Gasteiger partial charge is 0.273 e. The van der Waals surface area contributed by atoms with Crippen LogP contribution in [-0.4, -0.2) is 61.2 Å². The Morgan fingerprint density at radius 3 is 2.53 bits per heavy atom. The predicted octanol–water partition coefficient (Wildman–Crippen LogP) is 3.17. The quantitative estimate of drug-likeness (QED) is 0.462. The van der Waals surface area contributed by atoms with Gasteiger partial charge in [-0.25, -0.2) is 4.98 Å². The van der Waals surface area contributed by atoms with Gasteiger partial charge in [0, 0.05) is 45.4 Å². The van der Waals surface area contributed by atoms with Crippen LogP contribution in [0.3, 0.4) is 0 Å². The fraction of sp³-hybridized carbons (Fsp3) is 0.773. The van der Waals surface area contributed by atoms with Gasteiger partial charge in [-0.3, -0.25) is 9.59 Å². The minimum Gasteiger partial charge on any atom is -0.446 e. The maximum Gasteiger partial charge on any atom is 0.273 e. The van der Waals surface area contributed by atoms with E-state index in [2.05, 4.69) is 10.3 Å². The second-order valence-electron chi connectivity index (χ2n) is 7.58. The molecule has 1 aromatic rings. The van der Waals surface area contributed by atoms with Gasteiger partial charge in [0.15, 0.2) is 5.69 Å². The monoisotopic (exact) mass is 423 g/mol. The van der Waals surface area contributed by atoms with E-state index >= 15 is 0 Å². The Morgan fingerprint density at radius 2 is 1.83 bits per heavy atom. The Bertz CT molecular complexity index is 628. The van der Waals surface area contributed by atoms with Crippen molar-refractivity contribution in [3.63, 3.8) is 0 Å². The Kier molecular flexibility index (Phi) is 11.5. The van der Waals surface area contributed by atoms with Crippen molar-refractivity contribution in [2.24, 2.45) is 5.92 Å². The van der Waals surface area contributed by atoms with E-state index in [1.165, 1.54) is 12.7 Å². The first kappa shape index (κ1) is 24.3. The number of carbonyl (C=O) groups is 2. The molecule has 8 heteroatoms. The molecule has 0 spiro atoms. The summed E-state index contributed by atoms with van der Waals surface area (Å²) in [4.78, 5) is 31.4. The van der Waals surface area contributed by atoms with E-state index < -0.39 is 0 Å². The summed E-state index contributed by atoms with van der Waals surface area (Å²) in [6, 6.07) is 0. The first-order chi connectivity index (χ1) is 14.7. The van der Waals surface area contributed by atoms with Gasteiger partial charge in [0.2, 0.25) is 11.8 Å². The first-order valence-corrected chi connectivity index (χ1v) is 11.3. The van der Waals surface area contributed by atoms with Crippen LogP contribution in [0.4, 0.5) is 0 Å². The van der Waals surface area contributed by atoms with Crippen LogP contribution in [0.2, 0.25) is 0 Å². The lowest BCUT2D eigenvalue weighted by Gasteiger charge is -2.28. The minimum absolute atomic E-state index is 0.0777. The fourth-order valence-electron chi connectivity index (χ4n) is 3.64. The lowest BCUT2D eigenvalue weighted by molar-refractivity contribution is -0.137.